The minimum atomic E-state index is -0.278. The van der Waals surface area contributed by atoms with Crippen molar-refractivity contribution in [1.82, 2.24) is 0 Å². The van der Waals surface area contributed by atoms with E-state index in [1.165, 1.54) is 16.7 Å². The molecule has 0 unspecified atom stereocenters. The molecule has 0 saturated carbocycles. The summed E-state index contributed by atoms with van der Waals surface area (Å²) in [6.45, 7) is 6.15. The molecule has 14 heavy (non-hydrogen) atoms. The predicted molar refractivity (Wildman–Crippen MR) is 57.5 cm³/mol. The van der Waals surface area contributed by atoms with Gasteiger partial charge in [-0.15, -0.1) is 0 Å². The number of fused-ring (bicyclic) bond motifs is 1. The van der Waals surface area contributed by atoms with Gasteiger partial charge in [0.05, 0.1) is 0 Å². The Kier molecular flexibility index (Phi) is 1.99. The lowest BCUT2D eigenvalue weighted by molar-refractivity contribution is -0.124. The van der Waals surface area contributed by atoms with E-state index < -0.39 is 0 Å². The molecule has 0 N–H and O–H groups in total. The average molecular weight is 188 g/mol. The van der Waals surface area contributed by atoms with Crippen LogP contribution in [-0.4, -0.2) is 5.78 Å². The lowest BCUT2D eigenvalue weighted by Crippen LogP contribution is -2.34. The van der Waals surface area contributed by atoms with Crippen molar-refractivity contribution in [1.29, 1.82) is 0 Å². The van der Waals surface area contributed by atoms with E-state index in [-0.39, 0.29) is 5.41 Å². The summed E-state index contributed by atoms with van der Waals surface area (Å²) in [5.74, 6) is 0.371. The number of Topliss-reactive ketones (excluding diaryl/α,β-unsaturated/α-hetero) is 1. The van der Waals surface area contributed by atoms with Crippen LogP contribution in [-0.2, 0) is 16.6 Å². The molecule has 0 aliphatic heterocycles. The molecule has 1 aliphatic rings. The Morgan fingerprint density at radius 2 is 1.93 bits per heavy atom. The Balaban J connectivity index is 2.61. The van der Waals surface area contributed by atoms with Gasteiger partial charge in [-0.25, -0.2) is 0 Å². The van der Waals surface area contributed by atoms with E-state index >= 15 is 0 Å². The van der Waals surface area contributed by atoms with E-state index in [1.54, 1.807) is 0 Å². The highest BCUT2D eigenvalue weighted by atomic mass is 16.1. The number of carbonyl (C=O) groups excluding carboxylic acids is 1. The molecule has 1 aliphatic carbocycles. The first kappa shape index (κ1) is 9.45. The van der Waals surface area contributed by atoms with Crippen molar-refractivity contribution in [2.45, 2.75) is 39.0 Å². The van der Waals surface area contributed by atoms with Crippen LogP contribution in [0.5, 0.6) is 0 Å². The number of hydrogen-bond donors (Lipinski definition) is 0. The quantitative estimate of drug-likeness (QED) is 0.612. The smallest absolute Gasteiger partial charge is 0.143 e. The number of ketones is 1. The maximum Gasteiger partial charge on any atom is 0.143 e. The van der Waals surface area contributed by atoms with E-state index in [0.29, 0.717) is 12.2 Å². The Labute approximate surface area is 85.1 Å². The topological polar surface area (TPSA) is 17.1 Å². The number of hydrogen-bond acceptors (Lipinski definition) is 1. The van der Waals surface area contributed by atoms with Crippen molar-refractivity contribution in [3.05, 3.63) is 34.9 Å². The highest BCUT2D eigenvalue weighted by Crippen LogP contribution is 2.34. The zero-order chi connectivity index (χ0) is 10.3. The molecule has 1 heteroatoms. The molecule has 1 nitrogen and oxygen atoms in total. The largest absolute Gasteiger partial charge is 0.299 e. The number of aryl methyl sites for hydroxylation is 2. The maximum atomic E-state index is 11.8. The zero-order valence-corrected chi connectivity index (χ0v) is 9.05. The standard InChI is InChI=1S/C13H16O/c1-9-4-5-10-6-7-12(14)13(2,3)11(10)8-9/h4-5,8H,6-7H2,1-3H3. The third-order valence-electron chi connectivity index (χ3n) is 3.26. The van der Waals surface area contributed by atoms with Crippen molar-refractivity contribution >= 4 is 5.78 Å². The summed E-state index contributed by atoms with van der Waals surface area (Å²) in [6, 6.07) is 6.45. The van der Waals surface area contributed by atoms with Crippen molar-refractivity contribution in [3.8, 4) is 0 Å². The Morgan fingerprint density at radius 3 is 2.64 bits per heavy atom. The summed E-state index contributed by atoms with van der Waals surface area (Å²) in [5, 5.41) is 0. The minimum Gasteiger partial charge on any atom is -0.299 e. The lowest BCUT2D eigenvalue weighted by Gasteiger charge is -2.31. The highest BCUT2D eigenvalue weighted by Gasteiger charge is 2.34. The summed E-state index contributed by atoms with van der Waals surface area (Å²) in [4.78, 5) is 11.8. The van der Waals surface area contributed by atoms with Gasteiger partial charge < -0.3 is 0 Å². The van der Waals surface area contributed by atoms with Gasteiger partial charge in [-0.1, -0.05) is 23.8 Å². The monoisotopic (exact) mass is 188 g/mol. The van der Waals surface area contributed by atoms with Crippen LogP contribution in [0.1, 0.15) is 37.0 Å². The van der Waals surface area contributed by atoms with E-state index in [0.717, 1.165) is 6.42 Å². The fourth-order valence-corrected chi connectivity index (χ4v) is 2.20. The van der Waals surface area contributed by atoms with E-state index in [1.807, 2.05) is 13.8 Å². The van der Waals surface area contributed by atoms with Gasteiger partial charge in [0.15, 0.2) is 0 Å². The van der Waals surface area contributed by atoms with Crippen molar-refractivity contribution < 1.29 is 4.79 Å². The fourth-order valence-electron chi connectivity index (χ4n) is 2.20. The van der Waals surface area contributed by atoms with Gasteiger partial charge in [0.1, 0.15) is 5.78 Å². The molecule has 0 atom stereocenters. The molecule has 1 aromatic rings. The number of rotatable bonds is 0. The van der Waals surface area contributed by atoms with E-state index in [4.69, 9.17) is 0 Å². The Hall–Kier alpha value is -1.11. The second-order valence-electron chi connectivity index (χ2n) is 4.71. The van der Waals surface area contributed by atoms with Gasteiger partial charge >= 0.3 is 0 Å². The fraction of sp³-hybridized carbons (Fsp3) is 0.462. The molecule has 0 aromatic heterocycles. The van der Waals surface area contributed by atoms with E-state index in [9.17, 15) is 4.79 Å². The second-order valence-corrected chi connectivity index (χ2v) is 4.71. The third-order valence-corrected chi connectivity index (χ3v) is 3.26. The zero-order valence-electron chi connectivity index (χ0n) is 9.05. The number of benzene rings is 1. The van der Waals surface area contributed by atoms with E-state index in [2.05, 4.69) is 25.1 Å². The highest BCUT2D eigenvalue weighted by molar-refractivity contribution is 5.91. The molecule has 2 rings (SSSR count). The van der Waals surface area contributed by atoms with Crippen molar-refractivity contribution in [2.24, 2.45) is 0 Å². The third kappa shape index (κ3) is 1.28. The first-order chi connectivity index (χ1) is 6.51. The van der Waals surface area contributed by atoms with Gasteiger partial charge in [0.2, 0.25) is 0 Å². The van der Waals surface area contributed by atoms with Gasteiger partial charge in [-0.3, -0.25) is 4.79 Å². The minimum absolute atomic E-state index is 0.278. The first-order valence-corrected chi connectivity index (χ1v) is 5.15. The number of carbonyl (C=O) groups is 1. The molecule has 0 saturated heterocycles. The molecule has 0 fully saturated rings. The van der Waals surface area contributed by atoms with Crippen molar-refractivity contribution in [3.63, 3.8) is 0 Å². The van der Waals surface area contributed by atoms with Gasteiger partial charge in [0, 0.05) is 11.8 Å². The molecule has 0 radical (unpaired) electrons. The van der Waals surface area contributed by atoms with Crippen molar-refractivity contribution in [2.75, 3.05) is 0 Å². The summed E-state index contributed by atoms with van der Waals surface area (Å²) < 4.78 is 0. The average Bonchev–Trinajstić information content (AvgIpc) is 2.13. The van der Waals surface area contributed by atoms with Crippen LogP contribution >= 0.6 is 0 Å². The summed E-state index contributed by atoms with van der Waals surface area (Å²) in [7, 11) is 0. The predicted octanol–water partition coefficient (Wildman–Crippen LogP) is 2.79. The second kappa shape index (κ2) is 2.94. The summed E-state index contributed by atoms with van der Waals surface area (Å²) >= 11 is 0. The first-order valence-electron chi connectivity index (χ1n) is 5.15. The lowest BCUT2D eigenvalue weighted by atomic mass is 9.71. The van der Waals surface area contributed by atoms with Gasteiger partial charge in [-0.05, 0) is 38.3 Å². The van der Waals surface area contributed by atoms with Gasteiger partial charge in [0.25, 0.3) is 0 Å². The summed E-state index contributed by atoms with van der Waals surface area (Å²) in [5.41, 5.74) is 3.54. The molecule has 74 valence electrons. The molecular weight excluding hydrogens is 172 g/mol. The summed E-state index contributed by atoms with van der Waals surface area (Å²) in [6.07, 6.45) is 1.61. The normalized spacial score (nSPS) is 19.2. The molecular formula is C13H16O. The van der Waals surface area contributed by atoms with Crippen LogP contribution in [0.15, 0.2) is 18.2 Å². The molecule has 0 amide bonds. The van der Waals surface area contributed by atoms with Gasteiger partial charge in [-0.2, -0.15) is 0 Å². The Morgan fingerprint density at radius 1 is 1.21 bits per heavy atom. The van der Waals surface area contributed by atoms with Crippen LogP contribution in [0, 0.1) is 6.92 Å². The molecule has 0 bridgehead atoms. The maximum absolute atomic E-state index is 11.8. The van der Waals surface area contributed by atoms with Crippen LogP contribution in [0.2, 0.25) is 0 Å². The van der Waals surface area contributed by atoms with Crippen LogP contribution < -0.4 is 0 Å². The van der Waals surface area contributed by atoms with Crippen LogP contribution in [0.3, 0.4) is 0 Å². The SMILES string of the molecule is Cc1ccc2c(c1)C(C)(C)C(=O)CC2. The van der Waals surface area contributed by atoms with Crippen LogP contribution in [0.4, 0.5) is 0 Å². The van der Waals surface area contributed by atoms with Crippen LogP contribution in [0.25, 0.3) is 0 Å². The Bertz CT molecular complexity index is 388. The molecule has 0 heterocycles. The molecule has 1 aromatic carbocycles. The molecule has 0 spiro atoms.